The van der Waals surface area contributed by atoms with E-state index in [0.29, 0.717) is 38.7 Å². The smallest absolute Gasteiger partial charge is 0.338 e. The zero-order chi connectivity index (χ0) is 29.1. The molecule has 0 bridgehead atoms. The Morgan fingerprint density at radius 1 is 1.02 bits per heavy atom. The number of thiazole rings is 1. The summed E-state index contributed by atoms with van der Waals surface area (Å²) in [6.45, 7) is 7.84. The quantitative estimate of drug-likeness (QED) is 0.277. The van der Waals surface area contributed by atoms with E-state index in [1.54, 1.807) is 32.4 Å². The lowest BCUT2D eigenvalue weighted by Gasteiger charge is -2.25. The highest BCUT2D eigenvalue weighted by molar-refractivity contribution is 7.07. The summed E-state index contributed by atoms with van der Waals surface area (Å²) in [5.41, 5.74) is 4.49. The fourth-order valence-corrected chi connectivity index (χ4v) is 5.87. The van der Waals surface area contributed by atoms with Gasteiger partial charge in [-0.2, -0.15) is 0 Å². The fourth-order valence-electron chi connectivity index (χ4n) is 4.82. The number of rotatable bonds is 8. The van der Waals surface area contributed by atoms with Gasteiger partial charge in [0.15, 0.2) is 16.3 Å². The van der Waals surface area contributed by atoms with Crippen LogP contribution in [0.4, 0.5) is 0 Å². The number of ether oxygens (including phenoxy) is 3. The highest BCUT2D eigenvalue weighted by atomic mass is 32.1. The lowest BCUT2D eigenvalue weighted by Crippen LogP contribution is -2.40. The molecule has 1 aliphatic rings. The highest BCUT2D eigenvalue weighted by Crippen LogP contribution is 2.31. The Morgan fingerprint density at radius 3 is 2.51 bits per heavy atom. The first-order chi connectivity index (χ1) is 19.7. The van der Waals surface area contributed by atoms with Crippen molar-refractivity contribution >= 4 is 23.4 Å². The standard InChI is InChI=1S/C33H32N2O5S/c1-20(2)40-32(37)29-22(4)34-33-35(30(29)25-12-7-6-8-13-25)31(36)28(41-33)18-23-14-15-26(27(17-23)38-5)39-19-24-11-9-10-21(3)16-24/h6-18,20,30H,19H2,1-5H3. The van der Waals surface area contributed by atoms with Crippen molar-refractivity contribution in [2.75, 3.05) is 7.11 Å². The summed E-state index contributed by atoms with van der Waals surface area (Å²) in [6.07, 6.45) is 1.51. The number of carbonyl (C=O) groups is 1. The van der Waals surface area contributed by atoms with Gasteiger partial charge in [-0.15, -0.1) is 0 Å². The molecular weight excluding hydrogens is 536 g/mol. The average molecular weight is 569 g/mol. The van der Waals surface area contributed by atoms with E-state index < -0.39 is 12.0 Å². The van der Waals surface area contributed by atoms with Gasteiger partial charge in [-0.1, -0.05) is 77.6 Å². The number of benzene rings is 3. The topological polar surface area (TPSA) is 79.1 Å². The second-order valence-corrected chi connectivity index (χ2v) is 11.1. The summed E-state index contributed by atoms with van der Waals surface area (Å²) in [5, 5.41) is 0. The van der Waals surface area contributed by atoms with Crippen LogP contribution in [0.15, 0.2) is 93.9 Å². The van der Waals surface area contributed by atoms with E-state index >= 15 is 0 Å². The number of nitrogens with zero attached hydrogens (tertiary/aromatic N) is 2. The van der Waals surface area contributed by atoms with E-state index in [2.05, 4.69) is 11.1 Å². The largest absolute Gasteiger partial charge is 0.493 e. The molecule has 0 aliphatic carbocycles. The molecule has 7 nitrogen and oxygen atoms in total. The summed E-state index contributed by atoms with van der Waals surface area (Å²) < 4.78 is 19.3. The Bertz CT molecular complexity index is 1800. The van der Waals surface area contributed by atoms with Crippen molar-refractivity contribution in [1.29, 1.82) is 0 Å². The number of hydrogen-bond acceptors (Lipinski definition) is 7. The Kier molecular flexibility index (Phi) is 8.21. The predicted octanol–water partition coefficient (Wildman–Crippen LogP) is 5.08. The van der Waals surface area contributed by atoms with Gasteiger partial charge in [0, 0.05) is 0 Å². The van der Waals surface area contributed by atoms with E-state index in [4.69, 9.17) is 14.2 Å². The monoisotopic (exact) mass is 568 g/mol. The Labute approximate surface area is 242 Å². The van der Waals surface area contributed by atoms with Crippen molar-refractivity contribution in [3.8, 4) is 11.5 Å². The predicted molar refractivity (Wildman–Crippen MR) is 160 cm³/mol. The summed E-state index contributed by atoms with van der Waals surface area (Å²) in [4.78, 5) is 32.2. The van der Waals surface area contributed by atoms with Crippen LogP contribution >= 0.6 is 11.3 Å². The molecule has 1 aliphatic heterocycles. The van der Waals surface area contributed by atoms with E-state index in [9.17, 15) is 9.59 Å². The lowest BCUT2D eigenvalue weighted by molar-refractivity contribution is -0.143. The molecule has 0 saturated carbocycles. The fraction of sp³-hybridized carbons (Fsp3) is 0.242. The third-order valence-electron chi connectivity index (χ3n) is 6.66. The van der Waals surface area contributed by atoms with Crippen LogP contribution in [0.2, 0.25) is 0 Å². The SMILES string of the molecule is COc1cc(C=c2sc3n(c2=O)C(c2ccccc2)C(C(=O)OC(C)C)=C(C)N=3)ccc1OCc1cccc(C)c1. The summed E-state index contributed by atoms with van der Waals surface area (Å²) in [6, 6.07) is 22.6. The van der Waals surface area contributed by atoms with E-state index in [0.717, 1.165) is 16.7 Å². The molecule has 8 heteroatoms. The highest BCUT2D eigenvalue weighted by Gasteiger charge is 2.33. The number of allylic oxidation sites excluding steroid dienone is 1. The number of aryl methyl sites for hydroxylation is 1. The molecule has 0 saturated heterocycles. The zero-order valence-corrected chi connectivity index (χ0v) is 24.5. The summed E-state index contributed by atoms with van der Waals surface area (Å²) >= 11 is 1.28. The molecule has 1 unspecified atom stereocenters. The van der Waals surface area contributed by atoms with E-state index in [-0.39, 0.29) is 11.7 Å². The molecule has 0 N–H and O–H groups in total. The maximum absolute atomic E-state index is 13.9. The molecule has 210 valence electrons. The zero-order valence-electron chi connectivity index (χ0n) is 23.7. The number of fused-ring (bicyclic) bond motifs is 1. The minimum absolute atomic E-state index is 0.233. The number of aromatic nitrogens is 1. The Hall–Kier alpha value is -4.43. The first-order valence-corrected chi connectivity index (χ1v) is 14.2. The normalized spacial score (nSPS) is 15.0. The van der Waals surface area contributed by atoms with Crippen LogP contribution in [0.5, 0.6) is 11.5 Å². The second-order valence-electron chi connectivity index (χ2n) is 10.1. The van der Waals surface area contributed by atoms with Gasteiger partial charge < -0.3 is 14.2 Å². The van der Waals surface area contributed by atoms with Crippen LogP contribution in [0, 0.1) is 6.92 Å². The molecule has 5 rings (SSSR count). The van der Waals surface area contributed by atoms with Crippen molar-refractivity contribution in [3.05, 3.63) is 126 Å². The number of esters is 1. The van der Waals surface area contributed by atoms with Crippen LogP contribution in [0.25, 0.3) is 6.08 Å². The van der Waals surface area contributed by atoms with Crippen molar-refractivity contribution in [2.45, 2.75) is 46.4 Å². The maximum Gasteiger partial charge on any atom is 0.338 e. The van der Waals surface area contributed by atoms with Crippen LogP contribution in [0.3, 0.4) is 0 Å². The first-order valence-electron chi connectivity index (χ1n) is 13.4. The first kappa shape index (κ1) is 28.1. The molecule has 4 aromatic rings. The molecule has 0 radical (unpaired) electrons. The second kappa shape index (κ2) is 12.0. The molecule has 41 heavy (non-hydrogen) atoms. The molecule has 1 atom stereocenters. The molecule has 1 aromatic heterocycles. The van der Waals surface area contributed by atoms with Crippen molar-refractivity contribution in [2.24, 2.45) is 4.99 Å². The van der Waals surface area contributed by atoms with Crippen molar-refractivity contribution in [3.63, 3.8) is 0 Å². The van der Waals surface area contributed by atoms with Gasteiger partial charge in [0.2, 0.25) is 0 Å². The Balaban J connectivity index is 1.53. The number of methoxy groups -OCH3 is 1. The average Bonchev–Trinajstić information content (AvgIpc) is 3.25. The van der Waals surface area contributed by atoms with Crippen LogP contribution in [-0.2, 0) is 16.1 Å². The Morgan fingerprint density at radius 2 is 1.80 bits per heavy atom. The molecule has 2 heterocycles. The molecular formula is C33H32N2O5S. The van der Waals surface area contributed by atoms with Gasteiger partial charge in [0.1, 0.15) is 6.61 Å². The van der Waals surface area contributed by atoms with Crippen LogP contribution in [-0.4, -0.2) is 23.8 Å². The van der Waals surface area contributed by atoms with E-state index in [1.165, 1.54) is 16.9 Å². The van der Waals surface area contributed by atoms with E-state index in [1.807, 2.05) is 79.7 Å². The third kappa shape index (κ3) is 6.02. The van der Waals surface area contributed by atoms with Gasteiger partial charge in [0.25, 0.3) is 5.56 Å². The van der Waals surface area contributed by atoms with Crippen molar-refractivity contribution in [1.82, 2.24) is 4.57 Å². The number of hydrogen-bond donors (Lipinski definition) is 0. The summed E-state index contributed by atoms with van der Waals surface area (Å²) in [5.74, 6) is 0.701. The summed E-state index contributed by atoms with van der Waals surface area (Å²) in [7, 11) is 1.59. The van der Waals surface area contributed by atoms with Gasteiger partial charge >= 0.3 is 5.97 Å². The third-order valence-corrected chi connectivity index (χ3v) is 7.64. The van der Waals surface area contributed by atoms with Gasteiger partial charge in [-0.3, -0.25) is 9.36 Å². The van der Waals surface area contributed by atoms with Gasteiger partial charge in [0.05, 0.1) is 35.1 Å². The molecule has 0 amide bonds. The van der Waals surface area contributed by atoms with Gasteiger partial charge in [-0.05, 0) is 62.6 Å². The van der Waals surface area contributed by atoms with Crippen LogP contribution in [0.1, 0.15) is 49.1 Å². The molecule has 0 fully saturated rings. The minimum atomic E-state index is -0.646. The van der Waals surface area contributed by atoms with Crippen LogP contribution < -0.4 is 24.4 Å². The molecule has 0 spiro atoms. The molecule has 3 aromatic carbocycles. The lowest BCUT2D eigenvalue weighted by atomic mass is 9.96. The number of carbonyl (C=O) groups excluding carboxylic acids is 1. The maximum atomic E-state index is 13.9. The van der Waals surface area contributed by atoms with Gasteiger partial charge in [-0.25, -0.2) is 9.79 Å². The van der Waals surface area contributed by atoms with Crippen molar-refractivity contribution < 1.29 is 19.0 Å². The minimum Gasteiger partial charge on any atom is -0.493 e.